The highest BCUT2D eigenvalue weighted by Crippen LogP contribution is 2.26. The largest absolute Gasteiger partial charge is 0.338 e. The fourth-order valence-electron chi connectivity index (χ4n) is 2.88. The Bertz CT molecular complexity index is 699. The van der Waals surface area contributed by atoms with Crippen LogP contribution >= 0.6 is 0 Å². The number of urea groups is 1. The standard InChI is InChI=1S/C15H14N4O3/c16-9-10-2-1-3-11(8-10)12(20)19-6-4-15(5-7-19)13(21)17-14(22)18-15/h1-3,8H,4-7H2,(H2,17,18,21,22). The van der Waals surface area contributed by atoms with Crippen molar-refractivity contribution in [1.29, 1.82) is 5.26 Å². The van der Waals surface area contributed by atoms with Gasteiger partial charge in [-0.3, -0.25) is 14.9 Å². The van der Waals surface area contributed by atoms with E-state index >= 15 is 0 Å². The van der Waals surface area contributed by atoms with Crippen molar-refractivity contribution in [3.63, 3.8) is 0 Å². The average molecular weight is 298 g/mol. The molecule has 7 nitrogen and oxygen atoms in total. The maximum atomic E-state index is 12.4. The Morgan fingerprint density at radius 1 is 1.27 bits per heavy atom. The monoisotopic (exact) mass is 298 g/mol. The van der Waals surface area contributed by atoms with Crippen LogP contribution in [-0.4, -0.2) is 41.4 Å². The maximum Gasteiger partial charge on any atom is 0.322 e. The molecule has 1 aromatic rings. The van der Waals surface area contributed by atoms with Crippen LogP contribution in [0.5, 0.6) is 0 Å². The summed E-state index contributed by atoms with van der Waals surface area (Å²) < 4.78 is 0. The van der Waals surface area contributed by atoms with Crippen LogP contribution in [0.25, 0.3) is 0 Å². The number of imide groups is 1. The number of carbonyl (C=O) groups excluding carboxylic acids is 3. The minimum atomic E-state index is -0.887. The molecule has 0 aliphatic carbocycles. The number of nitrogens with zero attached hydrogens (tertiary/aromatic N) is 2. The van der Waals surface area contributed by atoms with E-state index in [0.717, 1.165) is 0 Å². The number of carbonyl (C=O) groups is 3. The van der Waals surface area contributed by atoms with Crippen LogP contribution in [0.2, 0.25) is 0 Å². The first kappa shape index (κ1) is 14.1. The third kappa shape index (κ3) is 2.29. The van der Waals surface area contributed by atoms with Gasteiger partial charge < -0.3 is 10.2 Å². The van der Waals surface area contributed by atoms with Crippen molar-refractivity contribution in [2.45, 2.75) is 18.4 Å². The first-order chi connectivity index (χ1) is 10.5. The van der Waals surface area contributed by atoms with Crippen molar-refractivity contribution in [3.8, 4) is 6.07 Å². The Morgan fingerprint density at radius 2 is 2.00 bits per heavy atom. The predicted octanol–water partition coefficient (Wildman–Crippen LogP) is 0.372. The fraction of sp³-hybridized carbons (Fsp3) is 0.333. The molecule has 2 aliphatic rings. The molecule has 0 radical (unpaired) electrons. The van der Waals surface area contributed by atoms with Crippen LogP contribution in [0.15, 0.2) is 24.3 Å². The number of nitrogens with one attached hydrogen (secondary N) is 2. The molecule has 0 unspecified atom stereocenters. The third-order valence-electron chi connectivity index (χ3n) is 4.16. The summed E-state index contributed by atoms with van der Waals surface area (Å²) in [5, 5.41) is 13.8. The molecule has 112 valence electrons. The van der Waals surface area contributed by atoms with Gasteiger partial charge in [0.25, 0.3) is 11.8 Å². The molecule has 4 amide bonds. The van der Waals surface area contributed by atoms with Crippen LogP contribution < -0.4 is 10.6 Å². The molecule has 2 aliphatic heterocycles. The zero-order chi connectivity index (χ0) is 15.7. The predicted molar refractivity (Wildman–Crippen MR) is 75.7 cm³/mol. The lowest BCUT2D eigenvalue weighted by molar-refractivity contribution is -0.125. The number of piperidine rings is 1. The van der Waals surface area contributed by atoms with Gasteiger partial charge in [0.2, 0.25) is 0 Å². The average Bonchev–Trinajstić information content (AvgIpc) is 2.81. The molecule has 1 aromatic carbocycles. The zero-order valence-electron chi connectivity index (χ0n) is 11.8. The van der Waals surface area contributed by atoms with Crippen LogP contribution in [0.3, 0.4) is 0 Å². The van der Waals surface area contributed by atoms with Gasteiger partial charge in [0.1, 0.15) is 5.54 Å². The third-order valence-corrected chi connectivity index (χ3v) is 4.16. The second-order valence-corrected chi connectivity index (χ2v) is 5.48. The molecule has 0 bridgehead atoms. The van der Waals surface area contributed by atoms with Crippen molar-refractivity contribution >= 4 is 17.8 Å². The van der Waals surface area contributed by atoms with Gasteiger partial charge >= 0.3 is 6.03 Å². The summed E-state index contributed by atoms with van der Waals surface area (Å²) in [6.07, 6.45) is 0.766. The van der Waals surface area contributed by atoms with Gasteiger partial charge in [-0.2, -0.15) is 5.26 Å². The lowest BCUT2D eigenvalue weighted by atomic mass is 9.87. The van der Waals surface area contributed by atoms with Gasteiger partial charge in [-0.1, -0.05) is 6.07 Å². The highest BCUT2D eigenvalue weighted by molar-refractivity contribution is 6.07. The van der Waals surface area contributed by atoms with Crippen molar-refractivity contribution < 1.29 is 14.4 Å². The molecule has 0 atom stereocenters. The van der Waals surface area contributed by atoms with E-state index in [2.05, 4.69) is 10.6 Å². The van der Waals surface area contributed by atoms with Gasteiger partial charge in [0.05, 0.1) is 11.6 Å². The minimum absolute atomic E-state index is 0.170. The Hall–Kier alpha value is -2.88. The summed E-state index contributed by atoms with van der Waals surface area (Å²) in [7, 11) is 0. The Labute approximate surface area is 126 Å². The quantitative estimate of drug-likeness (QED) is 0.731. The van der Waals surface area contributed by atoms with E-state index in [1.54, 1.807) is 29.2 Å². The van der Waals surface area contributed by atoms with Crippen LogP contribution in [0.4, 0.5) is 4.79 Å². The number of rotatable bonds is 1. The molecule has 1 spiro atoms. The Morgan fingerprint density at radius 3 is 2.59 bits per heavy atom. The van der Waals surface area contributed by atoms with Crippen LogP contribution in [-0.2, 0) is 4.79 Å². The molecule has 0 aromatic heterocycles. The minimum Gasteiger partial charge on any atom is -0.338 e. The topological polar surface area (TPSA) is 102 Å². The summed E-state index contributed by atoms with van der Waals surface area (Å²) in [5.74, 6) is -0.493. The maximum absolute atomic E-state index is 12.4. The molecule has 0 saturated carbocycles. The molecule has 3 rings (SSSR count). The van der Waals surface area contributed by atoms with E-state index in [-0.39, 0.29) is 11.8 Å². The fourth-order valence-corrected chi connectivity index (χ4v) is 2.88. The van der Waals surface area contributed by atoms with Gasteiger partial charge in [-0.15, -0.1) is 0 Å². The van der Waals surface area contributed by atoms with Gasteiger partial charge in [-0.25, -0.2) is 4.79 Å². The normalized spacial score (nSPS) is 19.5. The molecule has 7 heteroatoms. The van der Waals surface area contributed by atoms with Crippen LogP contribution in [0, 0.1) is 11.3 Å². The summed E-state index contributed by atoms with van der Waals surface area (Å²) >= 11 is 0. The zero-order valence-corrected chi connectivity index (χ0v) is 11.8. The highest BCUT2D eigenvalue weighted by Gasteiger charge is 2.48. The number of amides is 4. The SMILES string of the molecule is N#Cc1cccc(C(=O)N2CCC3(CC2)NC(=O)NC3=O)c1. The van der Waals surface area contributed by atoms with E-state index < -0.39 is 11.6 Å². The molecular weight excluding hydrogens is 284 g/mol. The molecular formula is C15H14N4O3. The second kappa shape index (κ2) is 5.15. The molecule has 2 heterocycles. The number of likely N-dealkylation sites (tertiary alicyclic amines) is 1. The van der Waals surface area contributed by atoms with E-state index in [9.17, 15) is 14.4 Å². The number of benzene rings is 1. The summed E-state index contributed by atoms with van der Waals surface area (Å²) in [6.45, 7) is 0.757. The molecule has 2 fully saturated rings. The van der Waals surface area contributed by atoms with Crippen molar-refractivity contribution in [2.24, 2.45) is 0 Å². The molecule has 2 saturated heterocycles. The van der Waals surface area contributed by atoms with Crippen LogP contribution in [0.1, 0.15) is 28.8 Å². The van der Waals surface area contributed by atoms with E-state index in [4.69, 9.17) is 5.26 Å². The van der Waals surface area contributed by atoms with Crippen molar-refractivity contribution in [1.82, 2.24) is 15.5 Å². The highest BCUT2D eigenvalue weighted by atomic mass is 16.2. The first-order valence-electron chi connectivity index (χ1n) is 6.97. The van der Waals surface area contributed by atoms with Gasteiger partial charge in [0, 0.05) is 18.7 Å². The van der Waals surface area contributed by atoms with Gasteiger partial charge in [-0.05, 0) is 31.0 Å². The number of hydrogen-bond donors (Lipinski definition) is 2. The molecule has 22 heavy (non-hydrogen) atoms. The van der Waals surface area contributed by atoms with E-state index in [1.165, 1.54) is 0 Å². The number of nitriles is 1. The lowest BCUT2D eigenvalue weighted by Gasteiger charge is -2.37. The number of hydrogen-bond acceptors (Lipinski definition) is 4. The second-order valence-electron chi connectivity index (χ2n) is 5.48. The van der Waals surface area contributed by atoms with E-state index in [1.807, 2.05) is 6.07 Å². The molecule has 2 N–H and O–H groups in total. The van der Waals surface area contributed by atoms with Crippen molar-refractivity contribution in [3.05, 3.63) is 35.4 Å². The first-order valence-corrected chi connectivity index (χ1v) is 6.97. The van der Waals surface area contributed by atoms with Crippen molar-refractivity contribution in [2.75, 3.05) is 13.1 Å². The Kier molecular flexibility index (Phi) is 3.29. The summed E-state index contributed by atoms with van der Waals surface area (Å²) in [5.41, 5.74) is -0.000734. The van der Waals surface area contributed by atoms with E-state index in [0.29, 0.717) is 37.1 Å². The lowest BCUT2D eigenvalue weighted by Crippen LogP contribution is -2.55. The summed E-state index contributed by atoms with van der Waals surface area (Å²) in [4.78, 5) is 37.2. The smallest absolute Gasteiger partial charge is 0.322 e. The Balaban J connectivity index is 1.71. The van der Waals surface area contributed by atoms with Gasteiger partial charge in [0.15, 0.2) is 0 Å². The summed E-state index contributed by atoms with van der Waals surface area (Å²) in [6, 6.07) is 8.05.